The first-order valence-corrected chi connectivity index (χ1v) is 6.86. The third kappa shape index (κ3) is 3.48. The van der Waals surface area contributed by atoms with Gasteiger partial charge in [-0.1, -0.05) is 6.92 Å². The number of thiophene rings is 1. The molecule has 0 aliphatic heterocycles. The molecule has 1 amide bonds. The number of aryl methyl sites for hydroxylation is 1. The molecular weight excluding hydrogens is 258 g/mol. The van der Waals surface area contributed by atoms with E-state index < -0.39 is 0 Å². The normalized spacial score (nSPS) is 11.4. The lowest BCUT2D eigenvalue weighted by Crippen LogP contribution is -2.19. The van der Waals surface area contributed by atoms with Gasteiger partial charge >= 0.3 is 0 Å². The van der Waals surface area contributed by atoms with Crippen molar-refractivity contribution in [1.29, 1.82) is 0 Å². The second kappa shape index (κ2) is 6.24. The summed E-state index contributed by atoms with van der Waals surface area (Å²) in [7, 11) is 0. The van der Waals surface area contributed by atoms with Gasteiger partial charge in [-0.05, 0) is 37.6 Å². The van der Waals surface area contributed by atoms with Gasteiger partial charge in [-0.15, -0.1) is 11.3 Å². The van der Waals surface area contributed by atoms with Gasteiger partial charge in [-0.2, -0.15) is 5.10 Å². The zero-order valence-electron chi connectivity index (χ0n) is 10.9. The second-order valence-electron chi connectivity index (χ2n) is 3.99. The van der Waals surface area contributed by atoms with Crippen molar-refractivity contribution in [3.8, 4) is 0 Å². The molecule has 0 aliphatic carbocycles. The Kier molecular flexibility index (Phi) is 4.41. The van der Waals surface area contributed by atoms with Gasteiger partial charge < -0.3 is 0 Å². The van der Waals surface area contributed by atoms with E-state index in [9.17, 15) is 4.79 Å². The lowest BCUT2D eigenvalue weighted by molar-refractivity contribution is 0.0954. The summed E-state index contributed by atoms with van der Waals surface area (Å²) in [6.07, 6.45) is 4.18. The maximum absolute atomic E-state index is 11.8. The van der Waals surface area contributed by atoms with Crippen LogP contribution in [0.4, 0.5) is 0 Å². The van der Waals surface area contributed by atoms with E-state index in [0.29, 0.717) is 5.56 Å². The summed E-state index contributed by atoms with van der Waals surface area (Å²) in [5, 5.41) is 4.13. The maximum atomic E-state index is 11.8. The summed E-state index contributed by atoms with van der Waals surface area (Å²) in [4.78, 5) is 18.1. The molecule has 0 saturated heterocycles. The average Bonchev–Trinajstić information content (AvgIpc) is 2.94. The molecule has 2 aromatic rings. The molecule has 2 aromatic heterocycles. The van der Waals surface area contributed by atoms with Gasteiger partial charge in [-0.3, -0.25) is 9.78 Å². The van der Waals surface area contributed by atoms with Crippen LogP contribution in [0.2, 0.25) is 0 Å². The van der Waals surface area contributed by atoms with Gasteiger partial charge in [0.05, 0.1) is 10.6 Å². The van der Waals surface area contributed by atoms with Crippen molar-refractivity contribution in [3.63, 3.8) is 0 Å². The largest absolute Gasteiger partial charge is 0.271 e. The number of nitrogens with one attached hydrogen (secondary N) is 1. The Morgan fingerprint density at radius 3 is 2.68 bits per heavy atom. The summed E-state index contributed by atoms with van der Waals surface area (Å²) in [5.74, 6) is -0.228. The maximum Gasteiger partial charge on any atom is 0.271 e. The molecule has 19 heavy (non-hydrogen) atoms. The van der Waals surface area contributed by atoms with E-state index in [0.717, 1.165) is 17.0 Å². The van der Waals surface area contributed by atoms with Crippen molar-refractivity contribution in [3.05, 3.63) is 52.0 Å². The van der Waals surface area contributed by atoms with Crippen LogP contribution in [-0.2, 0) is 6.42 Å². The number of carbonyl (C=O) groups is 1. The number of amides is 1. The quantitative estimate of drug-likeness (QED) is 0.688. The van der Waals surface area contributed by atoms with Gasteiger partial charge in [-0.25, -0.2) is 5.43 Å². The van der Waals surface area contributed by atoms with Crippen molar-refractivity contribution in [2.45, 2.75) is 20.3 Å². The number of pyridine rings is 1. The lowest BCUT2D eigenvalue weighted by Gasteiger charge is -2.00. The summed E-state index contributed by atoms with van der Waals surface area (Å²) < 4.78 is 0. The van der Waals surface area contributed by atoms with Crippen molar-refractivity contribution < 1.29 is 4.79 Å². The Bertz CT molecular complexity index is 590. The van der Waals surface area contributed by atoms with E-state index >= 15 is 0 Å². The van der Waals surface area contributed by atoms with E-state index in [2.05, 4.69) is 28.5 Å². The standard InChI is InChI=1S/C14H15N3OS/c1-3-12-4-5-13(19-12)10(2)16-17-14(18)11-6-8-15-9-7-11/h4-9H,3H2,1-2H3,(H,17,18). The molecule has 0 aliphatic rings. The highest BCUT2D eigenvalue weighted by atomic mass is 32.1. The Hall–Kier alpha value is -2.01. The Morgan fingerprint density at radius 2 is 2.05 bits per heavy atom. The topological polar surface area (TPSA) is 54.4 Å². The van der Waals surface area contributed by atoms with Crippen LogP contribution in [0.15, 0.2) is 41.8 Å². The molecule has 0 saturated carbocycles. The van der Waals surface area contributed by atoms with Crippen LogP contribution in [0, 0.1) is 0 Å². The average molecular weight is 273 g/mol. The predicted octanol–water partition coefficient (Wildman–Crippen LogP) is 2.86. The van der Waals surface area contributed by atoms with Gasteiger partial charge in [0.2, 0.25) is 0 Å². The highest BCUT2D eigenvalue weighted by Gasteiger charge is 2.05. The van der Waals surface area contributed by atoms with Crippen LogP contribution in [0.25, 0.3) is 0 Å². The Morgan fingerprint density at radius 1 is 1.32 bits per heavy atom. The number of hydrogen-bond donors (Lipinski definition) is 1. The fraction of sp³-hybridized carbons (Fsp3) is 0.214. The minimum Gasteiger partial charge on any atom is -0.267 e. The first-order valence-electron chi connectivity index (χ1n) is 6.04. The second-order valence-corrected chi connectivity index (χ2v) is 5.16. The van der Waals surface area contributed by atoms with Crippen LogP contribution in [0.5, 0.6) is 0 Å². The number of aromatic nitrogens is 1. The van der Waals surface area contributed by atoms with Crippen LogP contribution >= 0.6 is 11.3 Å². The van der Waals surface area contributed by atoms with E-state index in [4.69, 9.17) is 0 Å². The third-order valence-electron chi connectivity index (χ3n) is 2.63. The zero-order chi connectivity index (χ0) is 13.7. The van der Waals surface area contributed by atoms with Gasteiger partial charge in [0, 0.05) is 22.8 Å². The van der Waals surface area contributed by atoms with Crippen LogP contribution < -0.4 is 5.43 Å². The van der Waals surface area contributed by atoms with E-state index in [1.54, 1.807) is 35.9 Å². The number of nitrogens with zero attached hydrogens (tertiary/aromatic N) is 2. The molecular formula is C14H15N3OS. The van der Waals surface area contributed by atoms with Gasteiger partial charge in [0.1, 0.15) is 0 Å². The Balaban J connectivity index is 2.04. The summed E-state index contributed by atoms with van der Waals surface area (Å²) >= 11 is 1.70. The van der Waals surface area contributed by atoms with E-state index in [1.165, 1.54) is 4.88 Å². The minimum atomic E-state index is -0.228. The molecule has 98 valence electrons. The zero-order valence-corrected chi connectivity index (χ0v) is 11.7. The molecule has 1 N–H and O–H groups in total. The van der Waals surface area contributed by atoms with E-state index in [-0.39, 0.29) is 5.91 Å². The third-order valence-corrected chi connectivity index (χ3v) is 3.97. The molecule has 2 heterocycles. The van der Waals surface area contributed by atoms with Crippen LogP contribution in [-0.4, -0.2) is 16.6 Å². The molecule has 0 atom stereocenters. The summed E-state index contributed by atoms with van der Waals surface area (Å²) in [6.45, 7) is 4.01. The molecule has 5 heteroatoms. The highest BCUT2D eigenvalue weighted by Crippen LogP contribution is 2.17. The van der Waals surface area contributed by atoms with Gasteiger partial charge in [0.15, 0.2) is 0 Å². The van der Waals surface area contributed by atoms with E-state index in [1.807, 2.05) is 13.0 Å². The minimum absolute atomic E-state index is 0.228. The summed E-state index contributed by atoms with van der Waals surface area (Å²) in [6, 6.07) is 7.42. The van der Waals surface area contributed by atoms with Crippen molar-refractivity contribution in [2.24, 2.45) is 5.10 Å². The smallest absolute Gasteiger partial charge is 0.267 e. The molecule has 0 aromatic carbocycles. The fourth-order valence-corrected chi connectivity index (χ4v) is 2.41. The van der Waals surface area contributed by atoms with Crippen molar-refractivity contribution in [1.82, 2.24) is 10.4 Å². The molecule has 2 rings (SSSR count). The van der Waals surface area contributed by atoms with Crippen molar-refractivity contribution in [2.75, 3.05) is 0 Å². The predicted molar refractivity (Wildman–Crippen MR) is 77.6 cm³/mol. The molecule has 0 spiro atoms. The summed E-state index contributed by atoms with van der Waals surface area (Å²) in [5.41, 5.74) is 3.91. The fourth-order valence-electron chi connectivity index (χ4n) is 1.52. The first-order chi connectivity index (χ1) is 9.20. The molecule has 0 unspecified atom stereocenters. The number of rotatable bonds is 4. The van der Waals surface area contributed by atoms with Crippen molar-refractivity contribution >= 4 is 23.0 Å². The number of hydrazone groups is 1. The number of carbonyl (C=O) groups excluding carboxylic acids is 1. The first kappa shape index (κ1) is 13.4. The number of hydrogen-bond acceptors (Lipinski definition) is 4. The molecule has 4 nitrogen and oxygen atoms in total. The monoisotopic (exact) mass is 273 g/mol. The highest BCUT2D eigenvalue weighted by molar-refractivity contribution is 7.14. The van der Waals surface area contributed by atoms with Crippen LogP contribution in [0.1, 0.15) is 34.0 Å². The molecule has 0 radical (unpaired) electrons. The lowest BCUT2D eigenvalue weighted by atomic mass is 10.2. The molecule has 0 fully saturated rings. The molecule has 0 bridgehead atoms. The van der Waals surface area contributed by atoms with Gasteiger partial charge in [0.25, 0.3) is 5.91 Å². The van der Waals surface area contributed by atoms with Crippen LogP contribution in [0.3, 0.4) is 0 Å². The SMILES string of the molecule is CCc1ccc(C(C)=NNC(=O)c2ccncc2)s1. The Labute approximate surface area is 116 Å².